The van der Waals surface area contributed by atoms with Crippen LogP contribution < -0.4 is 4.31 Å². The molecule has 144 valence electrons. The average molecular weight is 387 g/mol. The number of sulfonamides is 1. The van der Waals surface area contributed by atoms with Crippen LogP contribution in [0.25, 0.3) is 0 Å². The van der Waals surface area contributed by atoms with Gasteiger partial charge in [-0.25, -0.2) is 8.42 Å². The second-order valence-corrected chi connectivity index (χ2v) is 9.16. The number of hydrogen-bond donors (Lipinski definition) is 0. The third-order valence-corrected chi connectivity index (χ3v) is 6.08. The number of nitrogens with zero attached hydrogens (tertiary/aromatic N) is 2. The highest BCUT2D eigenvalue weighted by molar-refractivity contribution is 7.92. The summed E-state index contributed by atoms with van der Waals surface area (Å²) in [5, 5.41) is 0. The molecular weight excluding hydrogens is 360 g/mol. The monoisotopic (exact) mass is 386 g/mol. The average Bonchev–Trinajstić information content (AvgIpc) is 3.15. The minimum atomic E-state index is -3.44. The van der Waals surface area contributed by atoms with Gasteiger partial charge in [0.05, 0.1) is 18.5 Å². The highest BCUT2D eigenvalue weighted by atomic mass is 32.2. The van der Waals surface area contributed by atoms with Crippen LogP contribution in [0.5, 0.6) is 0 Å². The fraction of sp³-hybridized carbons (Fsp3) is 0.381. The molecule has 0 radical (unpaired) electrons. The fourth-order valence-corrected chi connectivity index (χ4v) is 4.33. The lowest BCUT2D eigenvalue weighted by atomic mass is 10.1. The number of benzene rings is 2. The summed E-state index contributed by atoms with van der Waals surface area (Å²) in [7, 11) is -3.44. The molecule has 0 saturated carbocycles. The van der Waals surface area contributed by atoms with Crippen molar-refractivity contribution in [2.24, 2.45) is 0 Å². The molecule has 1 aliphatic rings. The Morgan fingerprint density at radius 1 is 1.04 bits per heavy atom. The predicted molar refractivity (Wildman–Crippen MR) is 109 cm³/mol. The van der Waals surface area contributed by atoms with E-state index >= 15 is 0 Å². The third kappa shape index (κ3) is 4.50. The molecule has 0 N–H and O–H groups in total. The van der Waals surface area contributed by atoms with E-state index in [0.717, 1.165) is 42.6 Å². The Labute approximate surface area is 161 Å². The topological polar surface area (TPSA) is 57.7 Å². The Kier molecular flexibility index (Phi) is 5.56. The summed E-state index contributed by atoms with van der Waals surface area (Å²) in [5.74, 6) is 0.0496. The molecule has 0 unspecified atom stereocenters. The van der Waals surface area contributed by atoms with E-state index in [1.165, 1.54) is 10.6 Å². The molecule has 1 saturated heterocycles. The van der Waals surface area contributed by atoms with Crippen molar-refractivity contribution in [3.05, 3.63) is 64.7 Å². The molecule has 6 heteroatoms. The third-order valence-electron chi connectivity index (χ3n) is 4.95. The quantitative estimate of drug-likeness (QED) is 0.790. The van der Waals surface area contributed by atoms with Crippen LogP contribution in [0.15, 0.2) is 42.5 Å². The van der Waals surface area contributed by atoms with Gasteiger partial charge in [0.2, 0.25) is 10.0 Å². The smallest absolute Gasteiger partial charge is 0.253 e. The first-order chi connectivity index (χ1) is 12.8. The summed E-state index contributed by atoms with van der Waals surface area (Å²) in [6, 6.07) is 13.1. The lowest BCUT2D eigenvalue weighted by Crippen LogP contribution is -2.30. The van der Waals surface area contributed by atoms with Crippen LogP contribution in [-0.4, -0.2) is 38.6 Å². The maximum Gasteiger partial charge on any atom is 0.253 e. The van der Waals surface area contributed by atoms with E-state index in [9.17, 15) is 13.2 Å². The molecule has 0 bridgehead atoms. The van der Waals surface area contributed by atoms with Gasteiger partial charge in [-0.15, -0.1) is 0 Å². The number of hydrogen-bond acceptors (Lipinski definition) is 3. The van der Waals surface area contributed by atoms with Crippen LogP contribution in [0.1, 0.15) is 39.9 Å². The van der Waals surface area contributed by atoms with Gasteiger partial charge in [0, 0.05) is 18.7 Å². The van der Waals surface area contributed by atoms with E-state index in [4.69, 9.17) is 0 Å². The molecule has 5 nitrogen and oxygen atoms in total. The van der Waals surface area contributed by atoms with Gasteiger partial charge in [-0.1, -0.05) is 24.3 Å². The number of aryl methyl sites for hydroxylation is 2. The van der Waals surface area contributed by atoms with E-state index < -0.39 is 10.0 Å². The van der Waals surface area contributed by atoms with Crippen LogP contribution in [0, 0.1) is 13.8 Å². The van der Waals surface area contributed by atoms with Crippen molar-refractivity contribution < 1.29 is 13.2 Å². The SMILES string of the molecule is Cc1ccc(C)c(N(Cc2ccc(C(=O)N3CCCC3)cc2)S(C)(=O)=O)c1. The first-order valence-corrected chi connectivity index (χ1v) is 11.0. The number of carbonyl (C=O) groups is 1. The van der Waals surface area contributed by atoms with Crippen LogP contribution >= 0.6 is 0 Å². The van der Waals surface area contributed by atoms with E-state index in [1.54, 1.807) is 12.1 Å². The molecule has 1 fully saturated rings. The number of amides is 1. The van der Waals surface area contributed by atoms with Gasteiger partial charge in [-0.05, 0) is 61.6 Å². The van der Waals surface area contributed by atoms with E-state index in [-0.39, 0.29) is 12.5 Å². The fourth-order valence-electron chi connectivity index (χ4n) is 3.39. The minimum Gasteiger partial charge on any atom is -0.339 e. The molecule has 1 aliphatic heterocycles. The second-order valence-electron chi connectivity index (χ2n) is 7.26. The van der Waals surface area contributed by atoms with Crippen molar-refractivity contribution in [2.45, 2.75) is 33.2 Å². The van der Waals surface area contributed by atoms with Crippen molar-refractivity contribution in [3.63, 3.8) is 0 Å². The van der Waals surface area contributed by atoms with Crippen LogP contribution in [0.3, 0.4) is 0 Å². The summed E-state index contributed by atoms with van der Waals surface area (Å²) in [5.41, 5.74) is 4.11. The first kappa shape index (κ1) is 19.4. The number of anilines is 1. The minimum absolute atomic E-state index is 0.0496. The molecular formula is C21H26N2O3S. The summed E-state index contributed by atoms with van der Waals surface area (Å²) >= 11 is 0. The van der Waals surface area contributed by atoms with E-state index in [0.29, 0.717) is 11.3 Å². The Hall–Kier alpha value is -2.34. The van der Waals surface area contributed by atoms with Crippen molar-refractivity contribution in [1.82, 2.24) is 4.90 Å². The zero-order valence-electron chi connectivity index (χ0n) is 16.1. The molecule has 3 rings (SSSR count). The Morgan fingerprint density at radius 3 is 2.26 bits per heavy atom. The van der Waals surface area contributed by atoms with Crippen LogP contribution in [0.4, 0.5) is 5.69 Å². The lowest BCUT2D eigenvalue weighted by Gasteiger charge is -2.25. The zero-order valence-corrected chi connectivity index (χ0v) is 16.9. The Bertz CT molecular complexity index is 930. The normalized spacial score (nSPS) is 14.4. The highest BCUT2D eigenvalue weighted by Crippen LogP contribution is 2.26. The molecule has 0 aromatic heterocycles. The number of likely N-dealkylation sites (tertiary alicyclic amines) is 1. The van der Waals surface area contributed by atoms with Gasteiger partial charge in [0.1, 0.15) is 0 Å². The Balaban J connectivity index is 1.84. The van der Waals surface area contributed by atoms with Gasteiger partial charge in [-0.2, -0.15) is 0 Å². The first-order valence-electron chi connectivity index (χ1n) is 9.19. The zero-order chi connectivity index (χ0) is 19.6. The van der Waals surface area contributed by atoms with Crippen LogP contribution in [0.2, 0.25) is 0 Å². The summed E-state index contributed by atoms with van der Waals surface area (Å²) in [6.45, 7) is 5.72. The molecule has 2 aromatic rings. The maximum absolute atomic E-state index is 12.5. The van der Waals surface area contributed by atoms with Crippen molar-refractivity contribution in [3.8, 4) is 0 Å². The molecule has 0 atom stereocenters. The Morgan fingerprint density at radius 2 is 1.67 bits per heavy atom. The van der Waals surface area contributed by atoms with Gasteiger partial charge < -0.3 is 4.90 Å². The lowest BCUT2D eigenvalue weighted by molar-refractivity contribution is 0.0793. The molecule has 0 spiro atoms. The van der Waals surface area contributed by atoms with Gasteiger partial charge >= 0.3 is 0 Å². The van der Waals surface area contributed by atoms with Crippen molar-refractivity contribution >= 4 is 21.6 Å². The summed E-state index contributed by atoms with van der Waals surface area (Å²) < 4.78 is 26.3. The standard InChI is InChI=1S/C21H26N2O3S/c1-16-6-7-17(2)20(14-16)23(27(3,25)26)15-18-8-10-19(11-9-18)21(24)22-12-4-5-13-22/h6-11,14H,4-5,12-13,15H2,1-3H3. The van der Waals surface area contributed by atoms with Gasteiger partial charge in [0.15, 0.2) is 0 Å². The van der Waals surface area contributed by atoms with Gasteiger partial charge in [0.25, 0.3) is 5.91 Å². The molecule has 1 heterocycles. The summed E-state index contributed by atoms with van der Waals surface area (Å²) in [4.78, 5) is 14.3. The number of rotatable bonds is 5. The number of carbonyl (C=O) groups excluding carboxylic acids is 1. The van der Waals surface area contributed by atoms with Gasteiger partial charge in [-0.3, -0.25) is 9.10 Å². The molecule has 2 aromatic carbocycles. The molecule has 0 aliphatic carbocycles. The largest absolute Gasteiger partial charge is 0.339 e. The van der Waals surface area contributed by atoms with E-state index in [2.05, 4.69) is 0 Å². The molecule has 1 amide bonds. The second kappa shape index (κ2) is 7.72. The van der Waals surface area contributed by atoms with E-state index in [1.807, 2.05) is 49.1 Å². The predicted octanol–water partition coefficient (Wildman–Crippen LogP) is 3.51. The van der Waals surface area contributed by atoms with Crippen LogP contribution in [-0.2, 0) is 16.6 Å². The van der Waals surface area contributed by atoms with Crippen molar-refractivity contribution in [2.75, 3.05) is 23.7 Å². The van der Waals surface area contributed by atoms with Crippen molar-refractivity contribution in [1.29, 1.82) is 0 Å². The molecule has 27 heavy (non-hydrogen) atoms. The highest BCUT2D eigenvalue weighted by Gasteiger charge is 2.21. The maximum atomic E-state index is 12.5. The summed E-state index contributed by atoms with van der Waals surface area (Å²) in [6.07, 6.45) is 3.34.